The maximum absolute atomic E-state index is 5.57. The van der Waals surface area contributed by atoms with Gasteiger partial charge in [-0.3, -0.25) is 5.10 Å². The highest BCUT2D eigenvalue weighted by molar-refractivity contribution is 5.30. The summed E-state index contributed by atoms with van der Waals surface area (Å²) in [6.45, 7) is 5.23. The number of ether oxygens (including phenoxy) is 2. The number of aromatic nitrogens is 3. The van der Waals surface area contributed by atoms with Crippen molar-refractivity contribution in [2.45, 2.75) is 25.9 Å². The number of rotatable bonds is 6. The second-order valence-electron chi connectivity index (χ2n) is 4.22. The molecule has 1 aromatic heterocycles. The Kier molecular flexibility index (Phi) is 4.33. The van der Waals surface area contributed by atoms with Crippen molar-refractivity contribution < 1.29 is 9.47 Å². The Morgan fingerprint density at radius 1 is 1.35 bits per heavy atom. The van der Waals surface area contributed by atoms with Gasteiger partial charge in [-0.25, -0.2) is 0 Å². The summed E-state index contributed by atoms with van der Waals surface area (Å²) in [7, 11) is 1.66. The van der Waals surface area contributed by atoms with Crippen LogP contribution in [0.25, 0.3) is 0 Å². The highest BCUT2D eigenvalue weighted by atomic mass is 16.5. The first-order valence-electron chi connectivity index (χ1n) is 6.09. The van der Waals surface area contributed by atoms with Crippen LogP contribution in [-0.2, 0) is 9.47 Å². The molecule has 6 heteroatoms. The second kappa shape index (κ2) is 5.97. The van der Waals surface area contributed by atoms with Crippen LogP contribution in [-0.4, -0.2) is 48.6 Å². The maximum Gasteiger partial charge on any atom is 0.244 e. The van der Waals surface area contributed by atoms with Crippen LogP contribution in [0.1, 0.15) is 31.7 Å². The summed E-state index contributed by atoms with van der Waals surface area (Å²) < 4.78 is 10.5. The van der Waals surface area contributed by atoms with Crippen molar-refractivity contribution in [1.29, 1.82) is 0 Å². The highest BCUT2D eigenvalue weighted by Crippen LogP contribution is 2.18. The van der Waals surface area contributed by atoms with Crippen molar-refractivity contribution in [3.05, 3.63) is 5.82 Å². The van der Waals surface area contributed by atoms with E-state index in [1.807, 2.05) is 6.92 Å². The SMILES string of the molecule is COCCOC(C)c1nc(N2CCCC2)n[nH]1. The van der Waals surface area contributed by atoms with E-state index in [9.17, 15) is 0 Å². The molecule has 2 rings (SSSR count). The van der Waals surface area contributed by atoms with Gasteiger partial charge in [-0.15, -0.1) is 5.10 Å². The van der Waals surface area contributed by atoms with E-state index >= 15 is 0 Å². The zero-order chi connectivity index (χ0) is 12.1. The summed E-state index contributed by atoms with van der Waals surface area (Å²) in [6.07, 6.45) is 2.38. The van der Waals surface area contributed by atoms with Crippen molar-refractivity contribution in [2.24, 2.45) is 0 Å². The van der Waals surface area contributed by atoms with E-state index in [4.69, 9.17) is 9.47 Å². The third kappa shape index (κ3) is 3.17. The number of H-pyrrole nitrogens is 1. The van der Waals surface area contributed by atoms with E-state index in [-0.39, 0.29) is 6.10 Å². The van der Waals surface area contributed by atoms with E-state index in [1.54, 1.807) is 7.11 Å². The number of hydrogen-bond acceptors (Lipinski definition) is 5. The Labute approximate surface area is 101 Å². The molecule has 96 valence electrons. The van der Waals surface area contributed by atoms with Gasteiger partial charge in [0, 0.05) is 20.2 Å². The van der Waals surface area contributed by atoms with Crippen molar-refractivity contribution in [3.8, 4) is 0 Å². The monoisotopic (exact) mass is 240 g/mol. The molecule has 2 heterocycles. The predicted molar refractivity (Wildman–Crippen MR) is 64.1 cm³/mol. The van der Waals surface area contributed by atoms with Crippen LogP contribution < -0.4 is 4.90 Å². The summed E-state index contributed by atoms with van der Waals surface area (Å²) in [5.74, 6) is 1.57. The molecule has 6 nitrogen and oxygen atoms in total. The molecule has 17 heavy (non-hydrogen) atoms. The standard InChI is InChI=1S/C11H20N4O2/c1-9(17-8-7-16-2)10-12-11(14-13-10)15-5-3-4-6-15/h9H,3-8H2,1-2H3,(H,12,13,14). The third-order valence-electron chi connectivity index (χ3n) is 2.92. The number of nitrogens with zero attached hydrogens (tertiary/aromatic N) is 3. The zero-order valence-corrected chi connectivity index (χ0v) is 10.5. The first-order chi connectivity index (χ1) is 8.31. The Hall–Kier alpha value is -1.14. The minimum absolute atomic E-state index is 0.0750. The lowest BCUT2D eigenvalue weighted by atomic mass is 10.4. The summed E-state index contributed by atoms with van der Waals surface area (Å²) in [4.78, 5) is 6.66. The molecular formula is C11H20N4O2. The molecule has 1 aliphatic rings. The molecular weight excluding hydrogens is 220 g/mol. The molecule has 1 aromatic rings. The normalized spacial score (nSPS) is 17.6. The van der Waals surface area contributed by atoms with Gasteiger partial charge < -0.3 is 14.4 Å². The summed E-state index contributed by atoms with van der Waals surface area (Å²) in [6, 6.07) is 0. The number of aromatic amines is 1. The lowest BCUT2D eigenvalue weighted by Crippen LogP contribution is -2.19. The molecule has 0 saturated carbocycles. The molecule has 1 atom stereocenters. The topological polar surface area (TPSA) is 63.3 Å². The number of hydrogen-bond donors (Lipinski definition) is 1. The Morgan fingerprint density at radius 2 is 2.12 bits per heavy atom. The average Bonchev–Trinajstić information content (AvgIpc) is 3.00. The van der Waals surface area contributed by atoms with Crippen LogP contribution in [0.4, 0.5) is 5.95 Å². The first kappa shape index (κ1) is 12.3. The molecule has 0 bridgehead atoms. The minimum atomic E-state index is -0.0750. The molecule has 1 unspecified atom stereocenters. The van der Waals surface area contributed by atoms with E-state index in [1.165, 1.54) is 12.8 Å². The number of nitrogens with one attached hydrogen (secondary N) is 1. The van der Waals surface area contributed by atoms with Gasteiger partial charge in [-0.2, -0.15) is 4.98 Å². The van der Waals surface area contributed by atoms with Crippen molar-refractivity contribution >= 4 is 5.95 Å². The summed E-state index contributed by atoms with van der Waals surface area (Å²) in [5.41, 5.74) is 0. The minimum Gasteiger partial charge on any atom is -0.382 e. The molecule has 0 radical (unpaired) electrons. The number of methoxy groups -OCH3 is 1. The predicted octanol–water partition coefficient (Wildman–Crippen LogP) is 1.13. The molecule has 1 fully saturated rings. The van der Waals surface area contributed by atoms with Gasteiger partial charge in [0.25, 0.3) is 0 Å². The lowest BCUT2D eigenvalue weighted by Gasteiger charge is -2.11. The van der Waals surface area contributed by atoms with Gasteiger partial charge in [-0.1, -0.05) is 0 Å². The number of anilines is 1. The zero-order valence-electron chi connectivity index (χ0n) is 10.5. The van der Waals surface area contributed by atoms with Crippen LogP contribution in [0.2, 0.25) is 0 Å². The quantitative estimate of drug-likeness (QED) is 0.755. The lowest BCUT2D eigenvalue weighted by molar-refractivity contribution is 0.0216. The van der Waals surface area contributed by atoms with Crippen LogP contribution in [0, 0.1) is 0 Å². The highest BCUT2D eigenvalue weighted by Gasteiger charge is 2.18. The van der Waals surface area contributed by atoms with Gasteiger partial charge in [0.2, 0.25) is 5.95 Å². The van der Waals surface area contributed by atoms with E-state index in [2.05, 4.69) is 20.1 Å². The fourth-order valence-corrected chi connectivity index (χ4v) is 1.89. The molecule has 0 amide bonds. The smallest absolute Gasteiger partial charge is 0.244 e. The largest absolute Gasteiger partial charge is 0.382 e. The van der Waals surface area contributed by atoms with Gasteiger partial charge in [0.05, 0.1) is 13.2 Å². The molecule has 0 aliphatic carbocycles. The summed E-state index contributed by atoms with van der Waals surface area (Å²) in [5, 5.41) is 7.17. The Morgan fingerprint density at radius 3 is 2.82 bits per heavy atom. The molecule has 1 aliphatic heterocycles. The van der Waals surface area contributed by atoms with Crippen molar-refractivity contribution in [3.63, 3.8) is 0 Å². The Balaban J connectivity index is 1.88. The van der Waals surface area contributed by atoms with E-state index < -0.39 is 0 Å². The van der Waals surface area contributed by atoms with E-state index in [0.717, 1.165) is 24.9 Å². The molecule has 0 spiro atoms. The third-order valence-corrected chi connectivity index (χ3v) is 2.92. The second-order valence-corrected chi connectivity index (χ2v) is 4.22. The molecule has 1 saturated heterocycles. The van der Waals surface area contributed by atoms with Crippen LogP contribution in [0.3, 0.4) is 0 Å². The van der Waals surface area contributed by atoms with Gasteiger partial charge >= 0.3 is 0 Å². The van der Waals surface area contributed by atoms with Crippen LogP contribution in [0.5, 0.6) is 0 Å². The molecule has 1 N–H and O–H groups in total. The first-order valence-corrected chi connectivity index (χ1v) is 6.09. The fourth-order valence-electron chi connectivity index (χ4n) is 1.89. The Bertz CT molecular complexity index is 336. The van der Waals surface area contributed by atoms with Crippen molar-refractivity contribution in [1.82, 2.24) is 15.2 Å². The van der Waals surface area contributed by atoms with Crippen molar-refractivity contribution in [2.75, 3.05) is 38.3 Å². The van der Waals surface area contributed by atoms with Crippen LogP contribution >= 0.6 is 0 Å². The maximum atomic E-state index is 5.57. The van der Waals surface area contributed by atoms with Gasteiger partial charge in [0.1, 0.15) is 6.10 Å². The average molecular weight is 240 g/mol. The molecule has 0 aromatic carbocycles. The van der Waals surface area contributed by atoms with Gasteiger partial charge in [0.15, 0.2) is 5.82 Å². The summed E-state index contributed by atoms with van der Waals surface area (Å²) >= 11 is 0. The van der Waals surface area contributed by atoms with E-state index in [0.29, 0.717) is 13.2 Å². The van der Waals surface area contributed by atoms with Crippen LogP contribution in [0.15, 0.2) is 0 Å². The van der Waals surface area contributed by atoms with Gasteiger partial charge in [-0.05, 0) is 19.8 Å². The fraction of sp³-hybridized carbons (Fsp3) is 0.818.